The van der Waals surface area contributed by atoms with Gasteiger partial charge in [0.25, 0.3) is 0 Å². The third-order valence-corrected chi connectivity index (χ3v) is 4.06. The Kier molecular flexibility index (Phi) is 5.79. The van der Waals surface area contributed by atoms with Crippen molar-refractivity contribution in [2.45, 2.75) is 46.6 Å². The zero-order valence-corrected chi connectivity index (χ0v) is 14.4. The molecular formula is C21H29N. The minimum Gasteiger partial charge on any atom is -0.307 e. The number of benzene rings is 2. The molecule has 0 spiro atoms. The van der Waals surface area contributed by atoms with Crippen LogP contribution >= 0.6 is 0 Å². The smallest absolute Gasteiger partial charge is 0.0300 e. The topological polar surface area (TPSA) is 12.0 Å². The van der Waals surface area contributed by atoms with Gasteiger partial charge in [-0.25, -0.2) is 0 Å². The lowest BCUT2D eigenvalue weighted by Gasteiger charge is -2.16. The molecule has 0 aliphatic carbocycles. The Morgan fingerprint density at radius 2 is 1.73 bits per heavy atom. The second kappa shape index (κ2) is 7.60. The molecule has 1 N–H and O–H groups in total. The first kappa shape index (κ1) is 16.8. The van der Waals surface area contributed by atoms with Gasteiger partial charge in [0.05, 0.1) is 0 Å². The van der Waals surface area contributed by atoms with E-state index in [0.717, 1.165) is 13.0 Å². The van der Waals surface area contributed by atoms with E-state index in [4.69, 9.17) is 0 Å². The Labute approximate surface area is 135 Å². The normalized spacial score (nSPS) is 13.8. The summed E-state index contributed by atoms with van der Waals surface area (Å²) in [6.45, 7) is 10.0. The first-order valence-electron chi connectivity index (χ1n) is 8.33. The van der Waals surface area contributed by atoms with Crippen LogP contribution in [0.5, 0.6) is 0 Å². The third kappa shape index (κ3) is 4.99. The molecule has 1 unspecified atom stereocenters. The minimum atomic E-state index is 0.360. The van der Waals surface area contributed by atoms with Gasteiger partial charge < -0.3 is 5.32 Å². The monoisotopic (exact) mass is 295 g/mol. The van der Waals surface area contributed by atoms with E-state index in [1.807, 2.05) is 0 Å². The fourth-order valence-corrected chi connectivity index (χ4v) is 2.70. The summed E-state index contributed by atoms with van der Waals surface area (Å²) in [6.07, 6.45) is 6.96. The van der Waals surface area contributed by atoms with Gasteiger partial charge >= 0.3 is 0 Å². The first-order valence-corrected chi connectivity index (χ1v) is 8.33. The quantitative estimate of drug-likeness (QED) is 0.657. The molecule has 0 bridgehead atoms. The van der Waals surface area contributed by atoms with E-state index in [1.165, 1.54) is 22.8 Å². The van der Waals surface area contributed by atoms with Crippen LogP contribution in [0.1, 0.15) is 52.1 Å². The van der Waals surface area contributed by atoms with Gasteiger partial charge in [-0.15, -0.1) is 0 Å². The largest absolute Gasteiger partial charge is 0.307 e. The van der Waals surface area contributed by atoms with Crippen LogP contribution in [0, 0.1) is 5.41 Å². The van der Waals surface area contributed by atoms with E-state index < -0.39 is 0 Å². The highest BCUT2D eigenvalue weighted by Crippen LogP contribution is 2.24. The highest BCUT2D eigenvalue weighted by molar-refractivity contribution is 5.86. The second-order valence-corrected chi connectivity index (χ2v) is 7.27. The van der Waals surface area contributed by atoms with E-state index in [1.54, 1.807) is 0 Å². The number of hydrogen-bond donors (Lipinski definition) is 1. The Hall–Kier alpha value is -1.60. The zero-order valence-electron chi connectivity index (χ0n) is 14.4. The number of rotatable bonds is 6. The summed E-state index contributed by atoms with van der Waals surface area (Å²) >= 11 is 0. The molecule has 2 aromatic carbocycles. The molecule has 0 aliphatic heterocycles. The molecule has 1 heteroatoms. The summed E-state index contributed by atoms with van der Waals surface area (Å²) in [7, 11) is 0. The fourth-order valence-electron chi connectivity index (χ4n) is 2.70. The minimum absolute atomic E-state index is 0.360. The summed E-state index contributed by atoms with van der Waals surface area (Å²) in [5.41, 5.74) is 1.80. The molecule has 1 atom stereocenters. The van der Waals surface area contributed by atoms with E-state index in [0.29, 0.717) is 11.5 Å². The Morgan fingerprint density at radius 1 is 1.00 bits per heavy atom. The maximum absolute atomic E-state index is 3.60. The van der Waals surface area contributed by atoms with Crippen molar-refractivity contribution in [3.63, 3.8) is 0 Å². The van der Waals surface area contributed by atoms with E-state index in [9.17, 15) is 0 Å². The van der Waals surface area contributed by atoms with Gasteiger partial charge in [0.1, 0.15) is 0 Å². The molecule has 0 fully saturated rings. The number of fused-ring (bicyclic) bond motifs is 1. The van der Waals surface area contributed by atoms with Crippen LogP contribution < -0.4 is 5.32 Å². The lowest BCUT2D eigenvalue weighted by molar-refractivity contribution is 0.381. The Morgan fingerprint density at radius 3 is 2.50 bits per heavy atom. The highest BCUT2D eigenvalue weighted by Gasteiger charge is 2.08. The third-order valence-electron chi connectivity index (χ3n) is 4.06. The van der Waals surface area contributed by atoms with Crippen LogP contribution in [0.3, 0.4) is 0 Å². The molecule has 118 valence electrons. The van der Waals surface area contributed by atoms with E-state index in [-0.39, 0.29) is 0 Å². The molecule has 0 saturated carbocycles. The maximum Gasteiger partial charge on any atom is 0.0300 e. The molecule has 0 saturated heterocycles. The van der Waals surface area contributed by atoms with Crippen LogP contribution in [0.2, 0.25) is 0 Å². The molecule has 2 rings (SSSR count). The molecule has 0 aromatic heterocycles. The van der Waals surface area contributed by atoms with Crippen LogP contribution in [-0.4, -0.2) is 6.54 Å². The predicted octanol–water partition coefficient (Wildman–Crippen LogP) is 5.87. The molecule has 22 heavy (non-hydrogen) atoms. The SMILES string of the molecule is CC(NCC=CCCC(C)(C)C)c1cccc2ccccc12. The summed E-state index contributed by atoms with van der Waals surface area (Å²) in [6, 6.07) is 15.5. The summed E-state index contributed by atoms with van der Waals surface area (Å²) in [5.74, 6) is 0. The summed E-state index contributed by atoms with van der Waals surface area (Å²) < 4.78 is 0. The van der Waals surface area contributed by atoms with Crippen molar-refractivity contribution in [1.82, 2.24) is 5.32 Å². The molecule has 0 amide bonds. The standard InChI is InChI=1S/C21H29N/c1-17(22-16-9-5-8-15-21(2,3)4)19-14-10-12-18-11-6-7-13-20(18)19/h5-7,9-14,17,22H,8,15-16H2,1-4H3. The van der Waals surface area contributed by atoms with E-state index >= 15 is 0 Å². The van der Waals surface area contributed by atoms with E-state index in [2.05, 4.69) is 87.6 Å². The van der Waals surface area contributed by atoms with Gasteiger partial charge in [-0.3, -0.25) is 0 Å². The highest BCUT2D eigenvalue weighted by atomic mass is 14.9. The van der Waals surface area contributed by atoms with Crippen molar-refractivity contribution in [3.05, 3.63) is 60.2 Å². The van der Waals surface area contributed by atoms with Crippen molar-refractivity contribution in [2.24, 2.45) is 5.41 Å². The Bertz CT molecular complexity index is 614. The van der Waals surface area contributed by atoms with Crippen LogP contribution in [0.15, 0.2) is 54.6 Å². The molecule has 0 aliphatic rings. The maximum atomic E-state index is 3.60. The number of hydrogen-bond acceptors (Lipinski definition) is 1. The van der Waals surface area contributed by atoms with Crippen LogP contribution in [-0.2, 0) is 0 Å². The summed E-state index contributed by atoms with van der Waals surface area (Å²) in [4.78, 5) is 0. The van der Waals surface area contributed by atoms with Gasteiger partial charge in [0, 0.05) is 12.6 Å². The molecule has 0 heterocycles. The van der Waals surface area contributed by atoms with Gasteiger partial charge in [0.2, 0.25) is 0 Å². The van der Waals surface area contributed by atoms with Gasteiger partial charge in [0.15, 0.2) is 0 Å². The first-order chi connectivity index (χ1) is 10.5. The number of allylic oxidation sites excluding steroid dienone is 1. The number of nitrogens with one attached hydrogen (secondary N) is 1. The molecular weight excluding hydrogens is 266 g/mol. The van der Waals surface area contributed by atoms with Crippen molar-refractivity contribution in [1.29, 1.82) is 0 Å². The predicted molar refractivity (Wildman–Crippen MR) is 98.2 cm³/mol. The Balaban J connectivity index is 1.89. The average Bonchev–Trinajstić information content (AvgIpc) is 2.49. The van der Waals surface area contributed by atoms with Gasteiger partial charge in [-0.2, -0.15) is 0 Å². The molecule has 0 radical (unpaired) electrons. The molecule has 1 nitrogen and oxygen atoms in total. The lowest BCUT2D eigenvalue weighted by Crippen LogP contribution is -2.18. The van der Waals surface area contributed by atoms with Crippen molar-refractivity contribution in [3.8, 4) is 0 Å². The van der Waals surface area contributed by atoms with Gasteiger partial charge in [-0.05, 0) is 41.5 Å². The average molecular weight is 295 g/mol. The zero-order chi connectivity index (χ0) is 16.0. The van der Waals surface area contributed by atoms with Crippen molar-refractivity contribution >= 4 is 10.8 Å². The lowest BCUT2D eigenvalue weighted by atomic mass is 9.90. The van der Waals surface area contributed by atoms with Crippen molar-refractivity contribution in [2.75, 3.05) is 6.54 Å². The van der Waals surface area contributed by atoms with Crippen molar-refractivity contribution < 1.29 is 0 Å². The summed E-state index contributed by atoms with van der Waals surface area (Å²) in [5, 5.41) is 6.26. The van der Waals surface area contributed by atoms with Gasteiger partial charge in [-0.1, -0.05) is 75.4 Å². The fraction of sp³-hybridized carbons (Fsp3) is 0.429. The molecule has 2 aromatic rings. The van der Waals surface area contributed by atoms with Crippen LogP contribution in [0.25, 0.3) is 10.8 Å². The van der Waals surface area contributed by atoms with Crippen LogP contribution in [0.4, 0.5) is 0 Å². The second-order valence-electron chi connectivity index (χ2n) is 7.27.